The first-order valence-corrected chi connectivity index (χ1v) is 6.11. The Labute approximate surface area is 98.9 Å². The monoisotopic (exact) mass is 234 g/mol. The summed E-state index contributed by atoms with van der Waals surface area (Å²) in [5, 5.41) is 4.18. The maximum absolute atomic E-state index is 4.34. The second kappa shape index (κ2) is 5.55. The highest BCUT2D eigenvalue weighted by atomic mass is 32.1. The topological polar surface area (TPSA) is 50.7 Å². The Morgan fingerprint density at radius 3 is 2.81 bits per heavy atom. The van der Waals surface area contributed by atoms with Crippen LogP contribution in [0.2, 0.25) is 0 Å². The van der Waals surface area contributed by atoms with Gasteiger partial charge in [0.15, 0.2) is 0 Å². The summed E-state index contributed by atoms with van der Waals surface area (Å²) in [6.45, 7) is 2.94. The van der Waals surface area contributed by atoms with Gasteiger partial charge in [0.05, 0.1) is 0 Å². The molecule has 0 atom stereocenters. The lowest BCUT2D eigenvalue weighted by molar-refractivity contribution is 0.976. The maximum atomic E-state index is 4.34. The lowest BCUT2D eigenvalue weighted by atomic mass is 10.2. The third kappa shape index (κ3) is 3.00. The molecule has 2 rings (SSSR count). The highest BCUT2D eigenvalue weighted by Gasteiger charge is 2.00. The van der Waals surface area contributed by atoms with Gasteiger partial charge < -0.3 is 5.32 Å². The summed E-state index contributed by atoms with van der Waals surface area (Å²) in [5.74, 6) is 0.913. The molecule has 0 radical (unpaired) electrons. The van der Waals surface area contributed by atoms with E-state index < -0.39 is 0 Å². The van der Waals surface area contributed by atoms with E-state index in [9.17, 15) is 0 Å². The van der Waals surface area contributed by atoms with Crippen LogP contribution in [0.15, 0.2) is 24.5 Å². The minimum absolute atomic E-state index is 0.877. The molecule has 0 saturated carbocycles. The number of nitrogens with one attached hydrogen (secondary N) is 1. The third-order valence-corrected chi connectivity index (χ3v) is 2.93. The normalized spacial score (nSPS) is 10.3. The SMILES string of the molecule is CCc1nsc(NCCc2ccncc2)n1. The van der Waals surface area contributed by atoms with E-state index in [4.69, 9.17) is 0 Å². The number of rotatable bonds is 5. The quantitative estimate of drug-likeness (QED) is 0.861. The van der Waals surface area contributed by atoms with Crippen LogP contribution in [0, 0.1) is 0 Å². The average molecular weight is 234 g/mol. The van der Waals surface area contributed by atoms with Crippen LogP contribution in [0.1, 0.15) is 18.3 Å². The van der Waals surface area contributed by atoms with E-state index in [1.807, 2.05) is 24.5 Å². The molecule has 0 aliphatic heterocycles. The second-order valence-electron chi connectivity index (χ2n) is 3.40. The Hall–Kier alpha value is -1.49. The fourth-order valence-corrected chi connectivity index (χ4v) is 2.01. The van der Waals surface area contributed by atoms with E-state index in [1.54, 1.807) is 0 Å². The van der Waals surface area contributed by atoms with E-state index >= 15 is 0 Å². The summed E-state index contributed by atoms with van der Waals surface area (Å²) in [5.41, 5.74) is 1.28. The zero-order chi connectivity index (χ0) is 11.2. The first-order chi connectivity index (χ1) is 7.88. The minimum atomic E-state index is 0.877. The van der Waals surface area contributed by atoms with Crippen LogP contribution in [0.3, 0.4) is 0 Å². The lowest BCUT2D eigenvalue weighted by Crippen LogP contribution is -2.04. The van der Waals surface area contributed by atoms with Crippen LogP contribution in [0.4, 0.5) is 5.13 Å². The van der Waals surface area contributed by atoms with Crippen LogP contribution in [-0.2, 0) is 12.8 Å². The van der Waals surface area contributed by atoms with Crippen molar-refractivity contribution >= 4 is 16.7 Å². The predicted molar refractivity (Wildman–Crippen MR) is 65.7 cm³/mol. The van der Waals surface area contributed by atoms with Gasteiger partial charge in [-0.05, 0) is 24.1 Å². The molecule has 0 aromatic carbocycles. The van der Waals surface area contributed by atoms with E-state index in [1.165, 1.54) is 17.1 Å². The number of hydrogen-bond acceptors (Lipinski definition) is 5. The Bertz CT molecular complexity index is 427. The van der Waals surface area contributed by atoms with Crippen molar-refractivity contribution in [2.45, 2.75) is 19.8 Å². The number of aryl methyl sites for hydroxylation is 1. The first kappa shape index (κ1) is 11.0. The van der Waals surface area contributed by atoms with Gasteiger partial charge in [-0.2, -0.15) is 4.37 Å². The predicted octanol–water partition coefficient (Wildman–Crippen LogP) is 2.15. The molecule has 84 valence electrons. The van der Waals surface area contributed by atoms with Gasteiger partial charge in [0.2, 0.25) is 5.13 Å². The maximum Gasteiger partial charge on any atom is 0.202 e. The smallest absolute Gasteiger partial charge is 0.202 e. The molecule has 0 amide bonds. The zero-order valence-corrected chi connectivity index (χ0v) is 10.00. The molecule has 0 saturated heterocycles. The molecular weight excluding hydrogens is 220 g/mol. The summed E-state index contributed by atoms with van der Waals surface area (Å²) in [4.78, 5) is 8.33. The molecule has 0 aliphatic rings. The summed E-state index contributed by atoms with van der Waals surface area (Å²) < 4.78 is 4.22. The van der Waals surface area contributed by atoms with Gasteiger partial charge in [-0.15, -0.1) is 0 Å². The minimum Gasteiger partial charge on any atom is -0.360 e. The molecule has 0 spiro atoms. The van der Waals surface area contributed by atoms with E-state index in [0.717, 1.165) is 30.3 Å². The Morgan fingerprint density at radius 1 is 1.31 bits per heavy atom. The van der Waals surface area contributed by atoms with Gasteiger partial charge in [0.25, 0.3) is 0 Å². The molecular formula is C11H14N4S. The number of aromatic nitrogens is 3. The number of pyridine rings is 1. The van der Waals surface area contributed by atoms with Gasteiger partial charge in [-0.25, -0.2) is 4.98 Å². The fraction of sp³-hybridized carbons (Fsp3) is 0.364. The summed E-state index contributed by atoms with van der Waals surface area (Å²) >= 11 is 1.42. The highest BCUT2D eigenvalue weighted by Crippen LogP contribution is 2.11. The molecule has 0 bridgehead atoms. The van der Waals surface area contributed by atoms with Crippen molar-refractivity contribution in [3.63, 3.8) is 0 Å². The largest absolute Gasteiger partial charge is 0.360 e. The molecule has 2 aromatic rings. The van der Waals surface area contributed by atoms with E-state index in [0.29, 0.717) is 0 Å². The van der Waals surface area contributed by atoms with Crippen LogP contribution in [0.5, 0.6) is 0 Å². The molecule has 16 heavy (non-hydrogen) atoms. The lowest BCUT2D eigenvalue weighted by Gasteiger charge is -2.01. The molecule has 0 aliphatic carbocycles. The van der Waals surface area contributed by atoms with Gasteiger partial charge in [-0.3, -0.25) is 4.98 Å². The van der Waals surface area contributed by atoms with Crippen molar-refractivity contribution in [2.24, 2.45) is 0 Å². The molecule has 4 nitrogen and oxygen atoms in total. The molecule has 5 heteroatoms. The van der Waals surface area contributed by atoms with Crippen molar-refractivity contribution in [3.05, 3.63) is 35.9 Å². The zero-order valence-electron chi connectivity index (χ0n) is 9.18. The van der Waals surface area contributed by atoms with Crippen molar-refractivity contribution in [3.8, 4) is 0 Å². The van der Waals surface area contributed by atoms with Gasteiger partial charge in [-0.1, -0.05) is 6.92 Å². The second-order valence-corrected chi connectivity index (χ2v) is 4.15. The van der Waals surface area contributed by atoms with Crippen LogP contribution in [-0.4, -0.2) is 20.9 Å². The fourth-order valence-electron chi connectivity index (χ4n) is 1.33. The van der Waals surface area contributed by atoms with Crippen molar-refractivity contribution in [1.29, 1.82) is 0 Å². The van der Waals surface area contributed by atoms with Gasteiger partial charge in [0.1, 0.15) is 5.82 Å². The Balaban J connectivity index is 1.80. The van der Waals surface area contributed by atoms with Crippen molar-refractivity contribution in [2.75, 3.05) is 11.9 Å². The summed E-state index contributed by atoms with van der Waals surface area (Å²) in [7, 11) is 0. The van der Waals surface area contributed by atoms with Crippen molar-refractivity contribution in [1.82, 2.24) is 14.3 Å². The Kier molecular flexibility index (Phi) is 3.82. The van der Waals surface area contributed by atoms with Gasteiger partial charge >= 0.3 is 0 Å². The van der Waals surface area contributed by atoms with Crippen molar-refractivity contribution < 1.29 is 0 Å². The van der Waals surface area contributed by atoms with E-state index in [-0.39, 0.29) is 0 Å². The molecule has 1 N–H and O–H groups in total. The number of hydrogen-bond donors (Lipinski definition) is 1. The van der Waals surface area contributed by atoms with Crippen LogP contribution in [0.25, 0.3) is 0 Å². The molecule has 2 heterocycles. The average Bonchev–Trinajstić information content (AvgIpc) is 2.78. The van der Waals surface area contributed by atoms with E-state index in [2.05, 4.69) is 26.6 Å². The molecule has 0 unspecified atom stereocenters. The highest BCUT2D eigenvalue weighted by molar-refractivity contribution is 7.09. The van der Waals surface area contributed by atoms with Crippen LogP contribution >= 0.6 is 11.5 Å². The molecule has 2 aromatic heterocycles. The summed E-state index contributed by atoms with van der Waals surface area (Å²) in [6, 6.07) is 4.05. The molecule has 0 fully saturated rings. The summed E-state index contributed by atoms with van der Waals surface area (Å²) in [6.07, 6.45) is 5.50. The van der Waals surface area contributed by atoms with Gasteiger partial charge in [0, 0.05) is 36.9 Å². The number of anilines is 1. The third-order valence-electron chi connectivity index (χ3n) is 2.22. The standard InChI is InChI=1S/C11H14N4S/c1-2-10-14-11(16-15-10)13-8-5-9-3-6-12-7-4-9/h3-4,6-7H,2,5,8H2,1H3,(H,13,14,15). The Morgan fingerprint density at radius 2 is 2.12 bits per heavy atom. The first-order valence-electron chi connectivity index (χ1n) is 5.34. The van der Waals surface area contributed by atoms with Crippen LogP contribution < -0.4 is 5.32 Å². The number of nitrogens with zero attached hydrogens (tertiary/aromatic N) is 3.